The Morgan fingerprint density at radius 1 is 1.22 bits per heavy atom. The highest BCUT2D eigenvalue weighted by Gasteiger charge is 2.12. The van der Waals surface area contributed by atoms with Gasteiger partial charge in [-0.3, -0.25) is 4.90 Å². The Bertz CT molecular complexity index is 511. The molecular formula is C15H19N3. The average molecular weight is 241 g/mol. The Morgan fingerprint density at radius 3 is 2.72 bits per heavy atom. The number of aryl methyl sites for hydroxylation is 1. The van der Waals surface area contributed by atoms with Crippen LogP contribution >= 0.6 is 0 Å². The van der Waals surface area contributed by atoms with Crippen molar-refractivity contribution in [3.05, 3.63) is 48.0 Å². The molecule has 18 heavy (non-hydrogen) atoms. The topological polar surface area (TPSA) is 21.1 Å². The van der Waals surface area contributed by atoms with Crippen molar-refractivity contribution < 1.29 is 0 Å². The van der Waals surface area contributed by atoms with Crippen LogP contribution in [0.4, 0.5) is 0 Å². The quantitative estimate of drug-likeness (QED) is 0.824. The number of hydrogen-bond acceptors (Lipinski definition) is 2. The maximum absolute atomic E-state index is 4.10. The van der Waals surface area contributed by atoms with E-state index in [4.69, 9.17) is 0 Å². The van der Waals surface area contributed by atoms with Crippen LogP contribution in [0.1, 0.15) is 24.0 Å². The highest BCUT2D eigenvalue weighted by molar-refractivity contribution is 5.42. The molecule has 1 aromatic heterocycles. The van der Waals surface area contributed by atoms with Gasteiger partial charge in [-0.05, 0) is 50.0 Å². The molecule has 1 fully saturated rings. The van der Waals surface area contributed by atoms with E-state index in [-0.39, 0.29) is 0 Å². The van der Waals surface area contributed by atoms with Gasteiger partial charge in [0.25, 0.3) is 0 Å². The molecule has 3 nitrogen and oxygen atoms in total. The zero-order valence-corrected chi connectivity index (χ0v) is 10.8. The second-order valence-electron chi connectivity index (χ2n) is 5.07. The number of aromatic nitrogens is 2. The molecule has 0 aliphatic carbocycles. The number of benzene rings is 1. The monoisotopic (exact) mass is 241 g/mol. The summed E-state index contributed by atoms with van der Waals surface area (Å²) in [5.74, 6) is 0. The molecule has 0 unspecified atom stereocenters. The highest BCUT2D eigenvalue weighted by Crippen LogP contribution is 2.18. The zero-order valence-electron chi connectivity index (χ0n) is 10.8. The minimum atomic E-state index is 1.09. The number of likely N-dealkylation sites (tertiary alicyclic amines) is 1. The van der Waals surface area contributed by atoms with E-state index < -0.39 is 0 Å². The van der Waals surface area contributed by atoms with Crippen LogP contribution in [0.2, 0.25) is 0 Å². The predicted molar refractivity (Wildman–Crippen MR) is 72.8 cm³/mol. The third-order valence-corrected chi connectivity index (χ3v) is 3.65. The van der Waals surface area contributed by atoms with E-state index in [0.717, 1.165) is 6.54 Å². The first-order chi connectivity index (χ1) is 8.83. The molecule has 1 aliphatic rings. The minimum absolute atomic E-state index is 1.09. The van der Waals surface area contributed by atoms with Crippen LogP contribution in [0.25, 0.3) is 5.69 Å². The first kappa shape index (κ1) is 11.5. The van der Waals surface area contributed by atoms with Crippen molar-refractivity contribution in [2.75, 3.05) is 13.1 Å². The lowest BCUT2D eigenvalue weighted by atomic mass is 10.1. The molecule has 3 heteroatoms. The SMILES string of the molecule is Cc1cc(CN2CCCC2)ccc1-n1ccnc1. The first-order valence-electron chi connectivity index (χ1n) is 6.63. The molecule has 1 aliphatic heterocycles. The summed E-state index contributed by atoms with van der Waals surface area (Å²) in [6.45, 7) is 5.76. The maximum atomic E-state index is 4.10. The van der Waals surface area contributed by atoms with E-state index in [1.54, 1.807) is 0 Å². The largest absolute Gasteiger partial charge is 0.306 e. The Labute approximate surface area is 108 Å². The fourth-order valence-corrected chi connectivity index (χ4v) is 2.71. The molecule has 0 N–H and O–H groups in total. The van der Waals surface area contributed by atoms with Gasteiger partial charge in [0, 0.05) is 24.6 Å². The molecule has 1 aromatic carbocycles. The highest BCUT2D eigenvalue weighted by atomic mass is 15.1. The molecular weight excluding hydrogens is 222 g/mol. The van der Waals surface area contributed by atoms with E-state index in [1.807, 2.05) is 18.7 Å². The zero-order chi connectivity index (χ0) is 12.4. The Kier molecular flexibility index (Phi) is 3.15. The Hall–Kier alpha value is -1.61. The average Bonchev–Trinajstić information content (AvgIpc) is 3.01. The van der Waals surface area contributed by atoms with Crippen molar-refractivity contribution in [2.45, 2.75) is 26.3 Å². The Balaban J connectivity index is 1.80. The van der Waals surface area contributed by atoms with Gasteiger partial charge in [-0.25, -0.2) is 4.98 Å². The van der Waals surface area contributed by atoms with Crippen LogP contribution in [0.15, 0.2) is 36.9 Å². The van der Waals surface area contributed by atoms with Gasteiger partial charge in [0.2, 0.25) is 0 Å². The van der Waals surface area contributed by atoms with Crippen molar-refractivity contribution in [1.82, 2.24) is 14.5 Å². The van der Waals surface area contributed by atoms with E-state index in [0.29, 0.717) is 0 Å². The summed E-state index contributed by atoms with van der Waals surface area (Å²) >= 11 is 0. The number of hydrogen-bond donors (Lipinski definition) is 0. The standard InChI is InChI=1S/C15H19N3/c1-13-10-14(11-17-7-2-3-8-17)4-5-15(13)18-9-6-16-12-18/h4-6,9-10,12H,2-3,7-8,11H2,1H3. The van der Waals surface area contributed by atoms with E-state index in [9.17, 15) is 0 Å². The van der Waals surface area contributed by atoms with E-state index in [2.05, 4.69) is 39.6 Å². The summed E-state index contributed by atoms with van der Waals surface area (Å²) in [5, 5.41) is 0. The van der Waals surface area contributed by atoms with Gasteiger partial charge in [0.15, 0.2) is 0 Å². The van der Waals surface area contributed by atoms with Crippen LogP contribution in [0, 0.1) is 6.92 Å². The summed E-state index contributed by atoms with van der Waals surface area (Å²) in [6, 6.07) is 6.73. The lowest BCUT2D eigenvalue weighted by Gasteiger charge is -2.16. The molecule has 0 atom stereocenters. The van der Waals surface area contributed by atoms with Crippen LogP contribution < -0.4 is 0 Å². The van der Waals surface area contributed by atoms with Crippen molar-refractivity contribution in [3.63, 3.8) is 0 Å². The van der Waals surface area contributed by atoms with Crippen LogP contribution in [0.3, 0.4) is 0 Å². The third kappa shape index (κ3) is 2.31. The van der Waals surface area contributed by atoms with Gasteiger partial charge >= 0.3 is 0 Å². The molecule has 0 amide bonds. The molecule has 0 bridgehead atoms. The smallest absolute Gasteiger partial charge is 0.0991 e. The molecule has 0 saturated carbocycles. The summed E-state index contributed by atoms with van der Waals surface area (Å²) < 4.78 is 2.06. The lowest BCUT2D eigenvalue weighted by molar-refractivity contribution is 0.331. The van der Waals surface area contributed by atoms with E-state index in [1.165, 1.54) is 42.7 Å². The van der Waals surface area contributed by atoms with E-state index >= 15 is 0 Å². The molecule has 94 valence electrons. The van der Waals surface area contributed by atoms with Gasteiger partial charge in [-0.2, -0.15) is 0 Å². The third-order valence-electron chi connectivity index (χ3n) is 3.65. The van der Waals surface area contributed by atoms with Crippen molar-refractivity contribution in [3.8, 4) is 5.69 Å². The van der Waals surface area contributed by atoms with Gasteiger partial charge in [0.05, 0.1) is 6.33 Å². The fraction of sp³-hybridized carbons (Fsp3) is 0.400. The van der Waals surface area contributed by atoms with Crippen molar-refractivity contribution >= 4 is 0 Å². The molecule has 0 spiro atoms. The molecule has 0 radical (unpaired) electrons. The number of rotatable bonds is 3. The van der Waals surface area contributed by atoms with Gasteiger partial charge in [0.1, 0.15) is 0 Å². The fourth-order valence-electron chi connectivity index (χ4n) is 2.71. The molecule has 2 aromatic rings. The summed E-state index contributed by atoms with van der Waals surface area (Å²) in [7, 11) is 0. The predicted octanol–water partition coefficient (Wildman–Crippen LogP) is 2.78. The van der Waals surface area contributed by atoms with Gasteiger partial charge < -0.3 is 4.57 Å². The number of nitrogens with zero attached hydrogens (tertiary/aromatic N) is 3. The van der Waals surface area contributed by atoms with Crippen molar-refractivity contribution in [2.24, 2.45) is 0 Å². The second-order valence-corrected chi connectivity index (χ2v) is 5.07. The summed E-state index contributed by atoms with van der Waals surface area (Å²) in [6.07, 6.45) is 8.36. The van der Waals surface area contributed by atoms with Gasteiger partial charge in [-0.1, -0.05) is 12.1 Å². The molecule has 2 heterocycles. The second kappa shape index (κ2) is 4.94. The molecule has 1 saturated heterocycles. The molecule has 3 rings (SSSR count). The normalized spacial score (nSPS) is 16.3. The van der Waals surface area contributed by atoms with Crippen LogP contribution in [0.5, 0.6) is 0 Å². The van der Waals surface area contributed by atoms with Crippen LogP contribution in [-0.2, 0) is 6.54 Å². The van der Waals surface area contributed by atoms with Crippen LogP contribution in [-0.4, -0.2) is 27.5 Å². The Morgan fingerprint density at radius 2 is 2.06 bits per heavy atom. The first-order valence-corrected chi connectivity index (χ1v) is 6.63. The maximum Gasteiger partial charge on any atom is 0.0991 e. The van der Waals surface area contributed by atoms with Gasteiger partial charge in [-0.15, -0.1) is 0 Å². The number of imidazole rings is 1. The minimum Gasteiger partial charge on any atom is -0.306 e. The summed E-state index contributed by atoms with van der Waals surface area (Å²) in [5.41, 5.74) is 3.95. The van der Waals surface area contributed by atoms with Crippen molar-refractivity contribution in [1.29, 1.82) is 0 Å². The lowest BCUT2D eigenvalue weighted by Crippen LogP contribution is -2.18. The summed E-state index contributed by atoms with van der Waals surface area (Å²) in [4.78, 5) is 6.63.